The van der Waals surface area contributed by atoms with E-state index in [0.717, 1.165) is 103 Å². The Morgan fingerprint density at radius 3 is 0.712 bits per heavy atom. The molecule has 0 atom stereocenters. The van der Waals surface area contributed by atoms with Gasteiger partial charge in [0, 0.05) is 25.7 Å². The van der Waals surface area contributed by atoms with Crippen molar-refractivity contribution in [3.05, 3.63) is 0 Å². The largest absolute Gasteiger partial charge is 0.466 e. The first-order valence-electron chi connectivity index (χ1n) is 22.0. The minimum absolute atomic E-state index is 0.0420. The van der Waals surface area contributed by atoms with E-state index in [1.54, 1.807) is 0 Å². The highest BCUT2D eigenvalue weighted by molar-refractivity contribution is 5.70. The van der Waals surface area contributed by atoms with Gasteiger partial charge in [0.15, 0.2) is 0 Å². The van der Waals surface area contributed by atoms with Crippen LogP contribution in [-0.4, -0.2) is 50.3 Å². The van der Waals surface area contributed by atoms with Crippen LogP contribution in [0, 0.1) is 0 Å². The molecule has 0 aromatic carbocycles. The second-order valence-electron chi connectivity index (χ2n) is 14.4. The summed E-state index contributed by atoms with van der Waals surface area (Å²) in [5.74, 6) is -0.240. The number of carbonyl (C=O) groups is 4. The molecule has 0 aromatic rings. The zero-order chi connectivity index (χ0) is 38.6. The topological polar surface area (TPSA) is 105 Å². The fourth-order valence-corrected chi connectivity index (χ4v) is 5.70. The standard InChI is InChI=1S/C28H54O4.C16H30O4/c1-3-5-7-9-13-17-21-25-31-27(29)23-19-15-11-12-16-20-24-28(30)32-26-22-18-14-10-8-6-4-2;1-3-13-19-15(17)11-9-7-5-6-8-10-12-16(18)20-14-4-2/h3-26H2,1-2H3;3-14H2,1-2H3. The molecule has 0 heterocycles. The number of hydrogen-bond acceptors (Lipinski definition) is 8. The summed E-state index contributed by atoms with van der Waals surface area (Å²) in [7, 11) is 0. The van der Waals surface area contributed by atoms with Gasteiger partial charge in [-0.2, -0.15) is 0 Å². The Labute approximate surface area is 321 Å². The summed E-state index contributed by atoms with van der Waals surface area (Å²) in [6.07, 6.45) is 33.6. The molecule has 0 aliphatic heterocycles. The summed E-state index contributed by atoms with van der Waals surface area (Å²) in [5.41, 5.74) is 0. The predicted octanol–water partition coefficient (Wildman–Crippen LogP) is 12.7. The van der Waals surface area contributed by atoms with Crippen molar-refractivity contribution < 1.29 is 38.1 Å². The van der Waals surface area contributed by atoms with Crippen molar-refractivity contribution in [1.29, 1.82) is 0 Å². The zero-order valence-corrected chi connectivity index (χ0v) is 34.7. The highest BCUT2D eigenvalue weighted by atomic mass is 16.5. The number of rotatable bonds is 38. The second kappa shape index (κ2) is 45.0. The Hall–Kier alpha value is -2.12. The Morgan fingerprint density at radius 2 is 0.462 bits per heavy atom. The summed E-state index contributed by atoms with van der Waals surface area (Å²) < 4.78 is 20.6. The van der Waals surface area contributed by atoms with E-state index in [2.05, 4.69) is 13.8 Å². The van der Waals surface area contributed by atoms with Gasteiger partial charge in [0.2, 0.25) is 0 Å². The van der Waals surface area contributed by atoms with Gasteiger partial charge in [-0.1, -0.05) is 156 Å². The van der Waals surface area contributed by atoms with Gasteiger partial charge in [0.05, 0.1) is 26.4 Å². The molecule has 0 bridgehead atoms. The van der Waals surface area contributed by atoms with Crippen LogP contribution >= 0.6 is 0 Å². The van der Waals surface area contributed by atoms with Crippen molar-refractivity contribution in [3.63, 3.8) is 0 Å². The van der Waals surface area contributed by atoms with Crippen molar-refractivity contribution in [2.75, 3.05) is 26.4 Å². The Kier molecular flexibility index (Phi) is 45.0. The third-order valence-corrected chi connectivity index (χ3v) is 8.98. The number of unbranched alkanes of at least 4 members (excludes halogenated alkanes) is 22. The van der Waals surface area contributed by atoms with E-state index in [1.807, 2.05) is 13.8 Å². The first-order valence-corrected chi connectivity index (χ1v) is 22.0. The molecule has 308 valence electrons. The van der Waals surface area contributed by atoms with E-state index in [4.69, 9.17) is 18.9 Å². The molecule has 0 radical (unpaired) electrons. The first kappa shape index (κ1) is 52.0. The summed E-state index contributed by atoms with van der Waals surface area (Å²) in [6.45, 7) is 10.7. The molecule has 0 amide bonds. The number of esters is 4. The van der Waals surface area contributed by atoms with Gasteiger partial charge in [0.1, 0.15) is 0 Å². The Balaban J connectivity index is 0. The van der Waals surface area contributed by atoms with Crippen LogP contribution in [0.5, 0.6) is 0 Å². The van der Waals surface area contributed by atoms with Gasteiger partial charge in [-0.3, -0.25) is 19.2 Å². The maximum atomic E-state index is 11.7. The third kappa shape index (κ3) is 45.9. The van der Waals surface area contributed by atoms with Crippen LogP contribution in [0.2, 0.25) is 0 Å². The molecule has 0 fully saturated rings. The van der Waals surface area contributed by atoms with Gasteiger partial charge in [0.25, 0.3) is 0 Å². The Bertz CT molecular complexity index is 720. The maximum Gasteiger partial charge on any atom is 0.305 e. The average Bonchev–Trinajstić information content (AvgIpc) is 3.14. The lowest BCUT2D eigenvalue weighted by atomic mass is 10.1. The average molecular weight is 741 g/mol. The lowest BCUT2D eigenvalue weighted by molar-refractivity contribution is -0.144. The number of hydrogen-bond donors (Lipinski definition) is 0. The van der Waals surface area contributed by atoms with Gasteiger partial charge in [-0.05, 0) is 51.4 Å². The van der Waals surface area contributed by atoms with Gasteiger partial charge in [-0.25, -0.2) is 0 Å². The molecule has 0 aromatic heterocycles. The Morgan fingerprint density at radius 1 is 0.250 bits per heavy atom. The highest BCUT2D eigenvalue weighted by Crippen LogP contribution is 2.12. The van der Waals surface area contributed by atoms with Crippen LogP contribution in [0.3, 0.4) is 0 Å². The molecule has 0 aliphatic rings. The van der Waals surface area contributed by atoms with Crippen LogP contribution in [-0.2, 0) is 38.1 Å². The molecule has 0 aliphatic carbocycles. The number of carbonyl (C=O) groups excluding carboxylic acids is 4. The SMILES string of the molecule is CCCCCCCCCOC(=O)CCCCCCCCC(=O)OCCCCCCCCC.CCCOC(=O)CCCCCCCCC(=O)OCCC. The van der Waals surface area contributed by atoms with Crippen LogP contribution < -0.4 is 0 Å². The molecule has 0 N–H and O–H groups in total. The molecule has 0 saturated heterocycles. The van der Waals surface area contributed by atoms with Crippen molar-refractivity contribution in [3.8, 4) is 0 Å². The van der Waals surface area contributed by atoms with Crippen molar-refractivity contribution in [2.45, 2.75) is 233 Å². The molecule has 0 spiro atoms. The lowest BCUT2D eigenvalue weighted by Gasteiger charge is -2.06. The molecule has 0 rings (SSSR count). The highest BCUT2D eigenvalue weighted by Gasteiger charge is 2.06. The normalized spacial score (nSPS) is 10.7. The smallest absolute Gasteiger partial charge is 0.305 e. The molecule has 8 nitrogen and oxygen atoms in total. The van der Waals surface area contributed by atoms with E-state index in [-0.39, 0.29) is 23.9 Å². The van der Waals surface area contributed by atoms with Crippen LogP contribution in [0.15, 0.2) is 0 Å². The van der Waals surface area contributed by atoms with E-state index in [1.165, 1.54) is 77.0 Å². The summed E-state index contributed by atoms with van der Waals surface area (Å²) in [4.78, 5) is 45.9. The minimum Gasteiger partial charge on any atom is -0.466 e. The van der Waals surface area contributed by atoms with E-state index in [9.17, 15) is 19.2 Å². The van der Waals surface area contributed by atoms with E-state index >= 15 is 0 Å². The molecular weight excluding hydrogens is 656 g/mol. The molecule has 52 heavy (non-hydrogen) atoms. The van der Waals surface area contributed by atoms with Crippen molar-refractivity contribution in [2.24, 2.45) is 0 Å². The fraction of sp³-hybridized carbons (Fsp3) is 0.909. The lowest BCUT2D eigenvalue weighted by Crippen LogP contribution is -2.06. The summed E-state index contributed by atoms with van der Waals surface area (Å²) in [6, 6.07) is 0. The van der Waals surface area contributed by atoms with Gasteiger partial charge in [-0.15, -0.1) is 0 Å². The molecular formula is C44H84O8. The quantitative estimate of drug-likeness (QED) is 0.0350. The fourth-order valence-electron chi connectivity index (χ4n) is 5.70. The van der Waals surface area contributed by atoms with Crippen LogP contribution in [0.25, 0.3) is 0 Å². The van der Waals surface area contributed by atoms with Crippen molar-refractivity contribution >= 4 is 23.9 Å². The number of ether oxygens (including phenoxy) is 4. The van der Waals surface area contributed by atoms with Crippen molar-refractivity contribution in [1.82, 2.24) is 0 Å². The first-order chi connectivity index (χ1) is 25.4. The van der Waals surface area contributed by atoms with E-state index in [0.29, 0.717) is 52.1 Å². The maximum absolute atomic E-state index is 11.7. The van der Waals surface area contributed by atoms with Crippen LogP contribution in [0.1, 0.15) is 233 Å². The molecule has 0 unspecified atom stereocenters. The second-order valence-corrected chi connectivity index (χ2v) is 14.4. The minimum atomic E-state index is -0.0782. The van der Waals surface area contributed by atoms with E-state index < -0.39 is 0 Å². The monoisotopic (exact) mass is 741 g/mol. The molecule has 0 saturated carbocycles. The van der Waals surface area contributed by atoms with Gasteiger partial charge >= 0.3 is 23.9 Å². The van der Waals surface area contributed by atoms with Gasteiger partial charge < -0.3 is 18.9 Å². The predicted molar refractivity (Wildman–Crippen MR) is 214 cm³/mol. The molecule has 8 heteroatoms. The third-order valence-electron chi connectivity index (χ3n) is 8.98. The zero-order valence-electron chi connectivity index (χ0n) is 34.7. The summed E-state index contributed by atoms with van der Waals surface area (Å²) in [5, 5.41) is 0. The van der Waals surface area contributed by atoms with Crippen LogP contribution in [0.4, 0.5) is 0 Å². The summed E-state index contributed by atoms with van der Waals surface area (Å²) >= 11 is 0.